The molecular formula is C18H14N4S. The highest BCUT2D eigenvalue weighted by Crippen LogP contribution is 2.20. The van der Waals surface area contributed by atoms with Crippen LogP contribution in [0.4, 0.5) is 5.13 Å². The third-order valence-electron chi connectivity index (χ3n) is 3.23. The van der Waals surface area contributed by atoms with E-state index in [0.29, 0.717) is 5.56 Å². The van der Waals surface area contributed by atoms with Gasteiger partial charge in [-0.25, -0.2) is 4.98 Å². The van der Waals surface area contributed by atoms with Crippen LogP contribution in [0, 0.1) is 18.3 Å². The lowest BCUT2D eigenvalue weighted by Gasteiger charge is -2.03. The molecule has 0 saturated heterocycles. The van der Waals surface area contributed by atoms with Crippen LogP contribution in [0.25, 0.3) is 11.1 Å². The van der Waals surface area contributed by atoms with Gasteiger partial charge in [0.1, 0.15) is 0 Å². The first-order valence-electron chi connectivity index (χ1n) is 7.06. The van der Waals surface area contributed by atoms with Crippen molar-refractivity contribution in [1.29, 1.82) is 5.26 Å². The smallest absolute Gasteiger partial charge is 0.203 e. The van der Waals surface area contributed by atoms with Crippen LogP contribution in [0.3, 0.4) is 0 Å². The van der Waals surface area contributed by atoms with Crippen molar-refractivity contribution in [2.75, 3.05) is 5.43 Å². The van der Waals surface area contributed by atoms with Crippen LogP contribution in [0.2, 0.25) is 0 Å². The van der Waals surface area contributed by atoms with Gasteiger partial charge in [-0.2, -0.15) is 10.4 Å². The number of nitrogens with zero attached hydrogens (tertiary/aromatic N) is 3. The van der Waals surface area contributed by atoms with Crippen LogP contribution in [-0.2, 0) is 0 Å². The van der Waals surface area contributed by atoms with Crippen LogP contribution < -0.4 is 5.43 Å². The topological polar surface area (TPSA) is 61.1 Å². The van der Waals surface area contributed by atoms with Crippen molar-refractivity contribution in [1.82, 2.24) is 4.98 Å². The van der Waals surface area contributed by atoms with E-state index < -0.39 is 0 Å². The zero-order valence-corrected chi connectivity index (χ0v) is 13.3. The summed E-state index contributed by atoms with van der Waals surface area (Å²) in [5.74, 6) is 0. The molecule has 3 rings (SSSR count). The third-order valence-corrected chi connectivity index (χ3v) is 4.09. The first-order chi connectivity index (χ1) is 11.2. The summed E-state index contributed by atoms with van der Waals surface area (Å²) in [5.41, 5.74) is 7.72. The Hall–Kier alpha value is -2.97. The molecule has 112 valence electrons. The van der Waals surface area contributed by atoms with E-state index in [9.17, 15) is 0 Å². The lowest BCUT2D eigenvalue weighted by Crippen LogP contribution is -1.90. The predicted molar refractivity (Wildman–Crippen MR) is 94.7 cm³/mol. The molecule has 0 bridgehead atoms. The normalized spacial score (nSPS) is 10.6. The van der Waals surface area contributed by atoms with Gasteiger partial charge in [0.15, 0.2) is 0 Å². The highest BCUT2D eigenvalue weighted by molar-refractivity contribution is 7.13. The number of aryl methyl sites for hydroxylation is 1. The van der Waals surface area contributed by atoms with Crippen LogP contribution in [-0.4, -0.2) is 11.2 Å². The molecular weight excluding hydrogens is 304 g/mol. The van der Waals surface area contributed by atoms with E-state index in [0.717, 1.165) is 27.5 Å². The molecule has 0 aliphatic carbocycles. The van der Waals surface area contributed by atoms with Gasteiger partial charge in [0.25, 0.3) is 0 Å². The van der Waals surface area contributed by atoms with Crippen molar-refractivity contribution < 1.29 is 0 Å². The fraction of sp³-hybridized carbons (Fsp3) is 0.0556. The molecule has 3 aromatic rings. The number of hydrazone groups is 1. The Morgan fingerprint density at radius 1 is 1.17 bits per heavy atom. The summed E-state index contributed by atoms with van der Waals surface area (Å²) in [6.45, 7) is 1.95. The minimum atomic E-state index is 0.661. The fourth-order valence-corrected chi connectivity index (χ4v) is 2.74. The van der Waals surface area contributed by atoms with Gasteiger partial charge >= 0.3 is 0 Å². The molecule has 1 aromatic heterocycles. The molecule has 4 nitrogen and oxygen atoms in total. The standard InChI is InChI=1S/C18H14N4S/c1-13-12-23-18(21-13)22-20-11-15-3-2-4-17(9-15)16-7-5-14(10-19)6-8-16/h2-9,11-12H,1H3,(H,21,22). The molecule has 0 radical (unpaired) electrons. The average Bonchev–Trinajstić information content (AvgIpc) is 3.00. The summed E-state index contributed by atoms with van der Waals surface area (Å²) in [7, 11) is 0. The van der Waals surface area contributed by atoms with Gasteiger partial charge in [-0.15, -0.1) is 11.3 Å². The Morgan fingerprint density at radius 3 is 2.70 bits per heavy atom. The summed E-state index contributed by atoms with van der Waals surface area (Å²) < 4.78 is 0. The molecule has 1 N–H and O–H groups in total. The van der Waals surface area contributed by atoms with Crippen molar-refractivity contribution in [3.05, 3.63) is 70.7 Å². The van der Waals surface area contributed by atoms with Gasteiger partial charge in [-0.1, -0.05) is 30.3 Å². The molecule has 1 heterocycles. The van der Waals surface area contributed by atoms with E-state index in [2.05, 4.69) is 27.6 Å². The molecule has 2 aromatic carbocycles. The van der Waals surface area contributed by atoms with Crippen LogP contribution in [0.15, 0.2) is 59.0 Å². The van der Waals surface area contributed by atoms with Crippen LogP contribution in [0.1, 0.15) is 16.8 Å². The van der Waals surface area contributed by atoms with Crippen molar-refractivity contribution in [2.45, 2.75) is 6.92 Å². The monoisotopic (exact) mass is 318 g/mol. The fourth-order valence-electron chi connectivity index (χ4n) is 2.10. The van der Waals surface area contributed by atoms with Crippen molar-refractivity contribution in [3.8, 4) is 17.2 Å². The number of hydrogen-bond donors (Lipinski definition) is 1. The minimum absolute atomic E-state index is 0.661. The molecule has 0 atom stereocenters. The molecule has 0 spiro atoms. The molecule has 23 heavy (non-hydrogen) atoms. The number of rotatable bonds is 4. The second-order valence-electron chi connectivity index (χ2n) is 4.98. The van der Waals surface area contributed by atoms with Gasteiger partial charge in [0.05, 0.1) is 23.5 Å². The highest BCUT2D eigenvalue weighted by Gasteiger charge is 1.99. The molecule has 0 amide bonds. The molecule has 0 fully saturated rings. The molecule has 0 unspecified atom stereocenters. The molecule has 5 heteroatoms. The largest absolute Gasteiger partial charge is 0.253 e. The SMILES string of the molecule is Cc1csc(NN=Cc2cccc(-c3ccc(C#N)cc3)c2)n1. The summed E-state index contributed by atoms with van der Waals surface area (Å²) in [5, 5.41) is 15.8. The maximum Gasteiger partial charge on any atom is 0.203 e. The first kappa shape index (κ1) is 14.9. The maximum atomic E-state index is 8.86. The molecule has 0 aliphatic heterocycles. The quantitative estimate of drug-likeness (QED) is 0.571. The van der Waals surface area contributed by atoms with Crippen LogP contribution in [0.5, 0.6) is 0 Å². The van der Waals surface area contributed by atoms with E-state index in [-0.39, 0.29) is 0 Å². The number of hydrogen-bond acceptors (Lipinski definition) is 5. The Balaban J connectivity index is 1.75. The predicted octanol–water partition coefficient (Wildman–Crippen LogP) is 4.44. The van der Waals surface area contributed by atoms with Crippen molar-refractivity contribution >= 4 is 22.7 Å². The van der Waals surface area contributed by atoms with Gasteiger partial charge < -0.3 is 0 Å². The number of nitrogens with one attached hydrogen (secondary N) is 1. The van der Waals surface area contributed by atoms with Gasteiger partial charge in [-0.05, 0) is 41.8 Å². The van der Waals surface area contributed by atoms with E-state index in [1.165, 1.54) is 11.3 Å². The van der Waals surface area contributed by atoms with Crippen molar-refractivity contribution in [3.63, 3.8) is 0 Å². The van der Waals surface area contributed by atoms with Crippen molar-refractivity contribution in [2.24, 2.45) is 5.10 Å². The number of nitriles is 1. The number of benzene rings is 2. The highest BCUT2D eigenvalue weighted by atomic mass is 32.1. The molecule has 0 aliphatic rings. The lowest BCUT2D eigenvalue weighted by molar-refractivity contribution is 1.22. The van der Waals surface area contributed by atoms with Gasteiger partial charge in [-0.3, -0.25) is 5.43 Å². The lowest BCUT2D eigenvalue weighted by atomic mass is 10.0. The second kappa shape index (κ2) is 6.86. The van der Waals surface area contributed by atoms with Gasteiger partial charge in [0.2, 0.25) is 5.13 Å². The summed E-state index contributed by atoms with van der Waals surface area (Å²) >= 11 is 1.53. The Bertz CT molecular complexity index is 873. The summed E-state index contributed by atoms with van der Waals surface area (Å²) in [6.07, 6.45) is 1.77. The Kier molecular flexibility index (Phi) is 4.46. The van der Waals surface area contributed by atoms with E-state index in [1.807, 2.05) is 54.8 Å². The zero-order valence-electron chi connectivity index (χ0n) is 12.5. The summed E-state index contributed by atoms with van der Waals surface area (Å²) in [6, 6.07) is 17.7. The molecule has 0 saturated carbocycles. The minimum Gasteiger partial charge on any atom is -0.253 e. The number of thiazole rings is 1. The average molecular weight is 318 g/mol. The zero-order chi connectivity index (χ0) is 16.1. The third kappa shape index (κ3) is 3.82. The Labute approximate surface area is 138 Å². The Morgan fingerprint density at radius 2 is 2.00 bits per heavy atom. The first-order valence-corrected chi connectivity index (χ1v) is 7.94. The van der Waals surface area contributed by atoms with E-state index >= 15 is 0 Å². The number of aromatic nitrogens is 1. The van der Waals surface area contributed by atoms with E-state index in [4.69, 9.17) is 5.26 Å². The second-order valence-corrected chi connectivity index (χ2v) is 5.84. The van der Waals surface area contributed by atoms with E-state index in [1.54, 1.807) is 6.21 Å². The number of anilines is 1. The maximum absolute atomic E-state index is 8.86. The summed E-state index contributed by atoms with van der Waals surface area (Å²) in [4.78, 5) is 4.29. The van der Waals surface area contributed by atoms with Gasteiger partial charge in [0, 0.05) is 5.38 Å². The van der Waals surface area contributed by atoms with Crippen LogP contribution >= 0.6 is 11.3 Å².